The maximum atomic E-state index is 12.6. The van der Waals surface area contributed by atoms with Crippen molar-refractivity contribution in [1.29, 1.82) is 0 Å². The van der Waals surface area contributed by atoms with Crippen LogP contribution >= 0.6 is 0 Å². The van der Waals surface area contributed by atoms with Crippen LogP contribution in [0.15, 0.2) is 0 Å². The van der Waals surface area contributed by atoms with Gasteiger partial charge in [0.2, 0.25) is 11.8 Å². The van der Waals surface area contributed by atoms with E-state index in [9.17, 15) is 9.59 Å². The summed E-state index contributed by atoms with van der Waals surface area (Å²) in [6.07, 6.45) is 9.08. The Morgan fingerprint density at radius 3 is 2.43 bits per heavy atom. The van der Waals surface area contributed by atoms with Crippen molar-refractivity contribution in [2.24, 2.45) is 11.8 Å². The molecule has 0 aromatic rings. The third-order valence-corrected chi connectivity index (χ3v) is 5.85. The van der Waals surface area contributed by atoms with Gasteiger partial charge in [0.25, 0.3) is 0 Å². The summed E-state index contributed by atoms with van der Waals surface area (Å²) in [6, 6.07) is 0.496. The highest BCUT2D eigenvalue weighted by atomic mass is 16.2. The zero-order valence-electron chi connectivity index (χ0n) is 13.2. The number of fused-ring (bicyclic) bond motifs is 1. The van der Waals surface area contributed by atoms with Crippen LogP contribution in [0.25, 0.3) is 0 Å². The van der Waals surface area contributed by atoms with Crippen molar-refractivity contribution in [2.45, 2.75) is 64.3 Å². The summed E-state index contributed by atoms with van der Waals surface area (Å²) >= 11 is 0. The van der Waals surface area contributed by atoms with Gasteiger partial charge in [-0.2, -0.15) is 0 Å². The van der Waals surface area contributed by atoms with Gasteiger partial charge in [-0.25, -0.2) is 0 Å². The molecule has 2 atom stereocenters. The molecule has 3 aliphatic rings. The summed E-state index contributed by atoms with van der Waals surface area (Å²) in [5.41, 5.74) is 0. The fraction of sp³-hybridized carbons (Fsp3) is 0.882. The van der Waals surface area contributed by atoms with E-state index in [1.807, 2.05) is 4.90 Å². The third-order valence-electron chi connectivity index (χ3n) is 5.85. The van der Waals surface area contributed by atoms with E-state index < -0.39 is 0 Å². The fourth-order valence-corrected chi connectivity index (χ4v) is 4.51. The largest absolute Gasteiger partial charge is 0.343 e. The van der Waals surface area contributed by atoms with Crippen LogP contribution in [0.2, 0.25) is 0 Å². The molecule has 4 heteroatoms. The molecule has 1 aliphatic carbocycles. The van der Waals surface area contributed by atoms with E-state index in [2.05, 4.69) is 4.90 Å². The summed E-state index contributed by atoms with van der Waals surface area (Å²) < 4.78 is 0. The average Bonchev–Trinajstić information content (AvgIpc) is 2.65. The monoisotopic (exact) mass is 292 g/mol. The summed E-state index contributed by atoms with van der Waals surface area (Å²) in [4.78, 5) is 28.4. The molecule has 1 saturated carbocycles. The van der Waals surface area contributed by atoms with Gasteiger partial charge in [0, 0.05) is 39.0 Å². The van der Waals surface area contributed by atoms with Crippen molar-refractivity contribution < 1.29 is 9.59 Å². The Balaban J connectivity index is 1.65. The van der Waals surface area contributed by atoms with Crippen molar-refractivity contribution in [3.05, 3.63) is 0 Å². The Bertz CT molecular complexity index is 404. The molecule has 0 radical (unpaired) electrons. The third kappa shape index (κ3) is 3.24. The molecule has 2 amide bonds. The second-order valence-corrected chi connectivity index (χ2v) is 7.15. The van der Waals surface area contributed by atoms with Crippen LogP contribution in [0.4, 0.5) is 0 Å². The number of nitrogens with zero attached hydrogens (tertiary/aromatic N) is 2. The Hall–Kier alpha value is -1.06. The van der Waals surface area contributed by atoms with Gasteiger partial charge in [0.05, 0.1) is 0 Å². The molecule has 3 fully saturated rings. The highest BCUT2D eigenvalue weighted by Gasteiger charge is 2.37. The zero-order valence-corrected chi connectivity index (χ0v) is 13.2. The maximum Gasteiger partial charge on any atom is 0.223 e. The lowest BCUT2D eigenvalue weighted by molar-refractivity contribution is -0.134. The van der Waals surface area contributed by atoms with Crippen LogP contribution in [0.1, 0.15) is 58.3 Å². The van der Waals surface area contributed by atoms with E-state index in [4.69, 9.17) is 0 Å². The SMILES string of the molecule is CC(=O)N1CC[C@H]2CC(=O)N(C3CCCCC3)CC[C@H]2C1. The van der Waals surface area contributed by atoms with Crippen molar-refractivity contribution in [2.75, 3.05) is 19.6 Å². The second kappa shape index (κ2) is 6.37. The first-order chi connectivity index (χ1) is 10.1. The molecule has 0 spiro atoms. The molecular formula is C17H28N2O2. The number of hydrogen-bond acceptors (Lipinski definition) is 2. The lowest BCUT2D eigenvalue weighted by atomic mass is 9.82. The molecule has 0 aromatic heterocycles. The number of carbonyl (C=O) groups excluding carboxylic acids is 2. The first kappa shape index (κ1) is 14.9. The van der Waals surface area contributed by atoms with E-state index in [-0.39, 0.29) is 5.91 Å². The Morgan fingerprint density at radius 2 is 1.71 bits per heavy atom. The van der Waals surface area contributed by atoms with E-state index in [1.165, 1.54) is 32.1 Å². The first-order valence-electron chi connectivity index (χ1n) is 8.70. The average molecular weight is 292 g/mol. The molecule has 2 heterocycles. The second-order valence-electron chi connectivity index (χ2n) is 7.15. The maximum absolute atomic E-state index is 12.6. The smallest absolute Gasteiger partial charge is 0.223 e. The molecular weight excluding hydrogens is 264 g/mol. The van der Waals surface area contributed by atoms with Gasteiger partial charge in [-0.1, -0.05) is 19.3 Å². The predicted octanol–water partition coefficient (Wildman–Crippen LogP) is 2.43. The molecule has 4 nitrogen and oxygen atoms in total. The Morgan fingerprint density at radius 1 is 1.00 bits per heavy atom. The quantitative estimate of drug-likeness (QED) is 0.745. The molecule has 0 aromatic carbocycles. The van der Waals surface area contributed by atoms with Crippen LogP contribution in [-0.4, -0.2) is 47.3 Å². The molecule has 0 unspecified atom stereocenters. The summed E-state index contributed by atoms with van der Waals surface area (Å²) in [6.45, 7) is 4.28. The number of likely N-dealkylation sites (tertiary alicyclic amines) is 2. The van der Waals surface area contributed by atoms with Gasteiger partial charge in [-0.3, -0.25) is 9.59 Å². The number of hydrogen-bond donors (Lipinski definition) is 0. The van der Waals surface area contributed by atoms with Crippen LogP contribution in [0.3, 0.4) is 0 Å². The lowest BCUT2D eigenvalue weighted by Gasteiger charge is -2.36. The summed E-state index contributed by atoms with van der Waals surface area (Å²) in [5, 5.41) is 0. The molecule has 0 bridgehead atoms. The Labute approximate surface area is 127 Å². The standard InChI is InChI=1S/C17H28N2O2/c1-13(20)18-9-7-14-11-17(21)19(10-8-15(14)12-18)16-5-3-2-4-6-16/h14-16H,2-12H2,1H3/t14-,15-/m0/s1. The van der Waals surface area contributed by atoms with E-state index in [0.717, 1.165) is 32.5 Å². The number of rotatable bonds is 1. The zero-order chi connectivity index (χ0) is 14.8. The van der Waals surface area contributed by atoms with Gasteiger partial charge in [-0.15, -0.1) is 0 Å². The molecule has 3 rings (SSSR count). The van der Waals surface area contributed by atoms with Gasteiger partial charge in [0.15, 0.2) is 0 Å². The fourth-order valence-electron chi connectivity index (χ4n) is 4.51. The van der Waals surface area contributed by atoms with Gasteiger partial charge < -0.3 is 9.80 Å². The van der Waals surface area contributed by atoms with Crippen LogP contribution in [-0.2, 0) is 9.59 Å². The van der Waals surface area contributed by atoms with Crippen LogP contribution in [0, 0.1) is 11.8 Å². The van der Waals surface area contributed by atoms with Gasteiger partial charge in [0.1, 0.15) is 0 Å². The van der Waals surface area contributed by atoms with Crippen molar-refractivity contribution in [1.82, 2.24) is 9.80 Å². The molecule has 118 valence electrons. The molecule has 0 N–H and O–H groups in total. The van der Waals surface area contributed by atoms with E-state index >= 15 is 0 Å². The highest BCUT2D eigenvalue weighted by Crippen LogP contribution is 2.34. The highest BCUT2D eigenvalue weighted by molar-refractivity contribution is 5.77. The summed E-state index contributed by atoms with van der Waals surface area (Å²) in [5.74, 6) is 1.60. The molecule has 2 saturated heterocycles. The van der Waals surface area contributed by atoms with E-state index in [1.54, 1.807) is 6.92 Å². The minimum atomic E-state index is 0.188. The summed E-state index contributed by atoms with van der Waals surface area (Å²) in [7, 11) is 0. The number of piperidine rings is 1. The van der Waals surface area contributed by atoms with Crippen molar-refractivity contribution in [3.63, 3.8) is 0 Å². The van der Waals surface area contributed by atoms with Gasteiger partial charge in [-0.05, 0) is 37.5 Å². The lowest BCUT2D eigenvalue weighted by Crippen LogP contribution is -2.42. The first-order valence-corrected chi connectivity index (χ1v) is 8.70. The van der Waals surface area contributed by atoms with Crippen molar-refractivity contribution in [3.8, 4) is 0 Å². The Kier molecular flexibility index (Phi) is 4.51. The number of amides is 2. The minimum absolute atomic E-state index is 0.188. The number of carbonyl (C=O) groups is 2. The van der Waals surface area contributed by atoms with Crippen LogP contribution < -0.4 is 0 Å². The van der Waals surface area contributed by atoms with E-state index in [0.29, 0.717) is 30.2 Å². The van der Waals surface area contributed by atoms with Gasteiger partial charge >= 0.3 is 0 Å². The normalized spacial score (nSPS) is 31.8. The molecule has 21 heavy (non-hydrogen) atoms. The topological polar surface area (TPSA) is 40.6 Å². The minimum Gasteiger partial charge on any atom is -0.343 e. The molecule has 2 aliphatic heterocycles. The van der Waals surface area contributed by atoms with Crippen LogP contribution in [0.5, 0.6) is 0 Å². The van der Waals surface area contributed by atoms with Crippen molar-refractivity contribution >= 4 is 11.8 Å². The predicted molar refractivity (Wildman–Crippen MR) is 81.7 cm³/mol.